The predicted octanol–water partition coefficient (Wildman–Crippen LogP) is -2.82. The van der Waals surface area contributed by atoms with Crippen molar-refractivity contribution in [3.8, 4) is 0 Å². The van der Waals surface area contributed by atoms with Crippen LogP contribution in [-0.4, -0.2) is 193 Å². The third kappa shape index (κ3) is 13.8. The molecule has 0 spiro atoms. The standard InChI is InChI=1S/C37H67NO18/c1-3-5-7-9-11-13-15-25(43)38-20(21(42)14-12-10-8-6-4-2)19-51-35-31(49)28(46)33(23(17-40)53-35)56-37-32(50)29(47)34(24(18-41)54-37)55-36-30(48)27(45)26(44)22(16-39)52-36/h12,14,20-24,26-37,39-42,44-50H,3-11,13,15-19H2,1-2H3,(H,38,43)/b14-12+. The Labute approximate surface area is 327 Å². The number of amides is 1. The molecule has 3 aliphatic rings. The van der Waals surface area contributed by atoms with Gasteiger partial charge in [-0.25, -0.2) is 0 Å². The summed E-state index contributed by atoms with van der Waals surface area (Å²) in [7, 11) is 0. The van der Waals surface area contributed by atoms with Gasteiger partial charge < -0.3 is 89.9 Å². The lowest BCUT2D eigenvalue weighted by Crippen LogP contribution is -2.66. The van der Waals surface area contributed by atoms with E-state index < -0.39 is 124 Å². The highest BCUT2D eigenvalue weighted by Gasteiger charge is 2.53. The number of nitrogens with one attached hydrogen (secondary N) is 1. The average molecular weight is 814 g/mol. The molecule has 328 valence electrons. The number of ether oxygens (including phenoxy) is 6. The SMILES string of the molecule is CCCCC/C=C/C(O)C(COC1OC(CO)C(OC2OC(CO)C(OC3OC(CO)C(O)C(O)C3O)C(O)C2O)C(O)C1O)NC(=O)CCCCCCCC. The first-order valence-corrected chi connectivity index (χ1v) is 19.9. The number of aliphatic hydroxyl groups excluding tert-OH is 11. The molecule has 3 saturated heterocycles. The van der Waals surface area contributed by atoms with Crippen LogP contribution in [-0.2, 0) is 33.2 Å². The third-order valence-electron chi connectivity index (χ3n) is 10.3. The van der Waals surface area contributed by atoms with E-state index in [1.807, 2.05) is 6.08 Å². The summed E-state index contributed by atoms with van der Waals surface area (Å²) in [6.07, 6.45) is -13.5. The van der Waals surface area contributed by atoms with Crippen LogP contribution in [0.25, 0.3) is 0 Å². The molecule has 17 unspecified atom stereocenters. The largest absolute Gasteiger partial charge is 0.394 e. The summed E-state index contributed by atoms with van der Waals surface area (Å²) in [6.45, 7) is 1.43. The van der Waals surface area contributed by atoms with E-state index in [9.17, 15) is 61.0 Å². The van der Waals surface area contributed by atoms with Crippen molar-refractivity contribution in [2.45, 2.75) is 189 Å². The van der Waals surface area contributed by atoms with Crippen LogP contribution in [0.1, 0.15) is 84.5 Å². The van der Waals surface area contributed by atoms with E-state index in [1.165, 1.54) is 0 Å². The quantitative estimate of drug-likeness (QED) is 0.0346. The molecule has 17 atom stereocenters. The third-order valence-corrected chi connectivity index (χ3v) is 10.3. The monoisotopic (exact) mass is 813 g/mol. The summed E-state index contributed by atoms with van der Waals surface area (Å²) in [4.78, 5) is 12.8. The maximum Gasteiger partial charge on any atom is 0.220 e. The van der Waals surface area contributed by atoms with Crippen molar-refractivity contribution in [2.75, 3.05) is 26.4 Å². The zero-order chi connectivity index (χ0) is 41.4. The zero-order valence-electron chi connectivity index (χ0n) is 32.4. The van der Waals surface area contributed by atoms with Gasteiger partial charge >= 0.3 is 0 Å². The summed E-state index contributed by atoms with van der Waals surface area (Å²) in [5, 5.41) is 118. The van der Waals surface area contributed by atoms with Crippen LogP contribution < -0.4 is 5.32 Å². The summed E-state index contributed by atoms with van der Waals surface area (Å²) in [5.41, 5.74) is 0. The molecule has 0 aromatic rings. The minimum atomic E-state index is -1.97. The molecule has 3 fully saturated rings. The Kier molecular flexibility index (Phi) is 22.0. The lowest BCUT2D eigenvalue weighted by atomic mass is 9.96. The van der Waals surface area contributed by atoms with Crippen LogP contribution in [0.5, 0.6) is 0 Å². The minimum absolute atomic E-state index is 0.240. The summed E-state index contributed by atoms with van der Waals surface area (Å²) >= 11 is 0. The summed E-state index contributed by atoms with van der Waals surface area (Å²) in [5.74, 6) is -0.297. The van der Waals surface area contributed by atoms with Gasteiger partial charge in [0.2, 0.25) is 5.91 Å². The zero-order valence-corrected chi connectivity index (χ0v) is 32.4. The van der Waals surface area contributed by atoms with E-state index in [-0.39, 0.29) is 18.9 Å². The Morgan fingerprint density at radius 1 is 0.625 bits per heavy atom. The molecule has 19 nitrogen and oxygen atoms in total. The molecule has 3 heterocycles. The van der Waals surface area contributed by atoms with Crippen molar-refractivity contribution in [3.05, 3.63) is 12.2 Å². The highest BCUT2D eigenvalue weighted by atomic mass is 16.8. The molecular formula is C37H67NO18. The molecule has 0 saturated carbocycles. The van der Waals surface area contributed by atoms with E-state index in [0.717, 1.165) is 57.8 Å². The van der Waals surface area contributed by atoms with Crippen molar-refractivity contribution in [3.63, 3.8) is 0 Å². The van der Waals surface area contributed by atoms with Crippen LogP contribution in [0.3, 0.4) is 0 Å². The van der Waals surface area contributed by atoms with Gasteiger partial charge in [-0.15, -0.1) is 0 Å². The molecule has 1 amide bonds. The van der Waals surface area contributed by atoms with E-state index in [0.29, 0.717) is 6.42 Å². The average Bonchev–Trinajstić information content (AvgIpc) is 3.19. The number of allylic oxidation sites excluding steroid dienone is 1. The summed E-state index contributed by atoms with van der Waals surface area (Å²) in [6, 6.07) is -0.958. The van der Waals surface area contributed by atoms with Gasteiger partial charge in [0.25, 0.3) is 0 Å². The molecule has 0 aromatic heterocycles. The fourth-order valence-electron chi connectivity index (χ4n) is 6.83. The number of hydrogen-bond acceptors (Lipinski definition) is 18. The Hall–Kier alpha value is -1.47. The van der Waals surface area contributed by atoms with Crippen LogP contribution in [0.2, 0.25) is 0 Å². The lowest BCUT2D eigenvalue weighted by molar-refractivity contribution is -0.379. The Morgan fingerprint density at radius 2 is 1.11 bits per heavy atom. The van der Waals surface area contributed by atoms with Crippen LogP contribution >= 0.6 is 0 Å². The first-order chi connectivity index (χ1) is 26.8. The van der Waals surface area contributed by atoms with Gasteiger partial charge in [-0.05, 0) is 19.3 Å². The Balaban J connectivity index is 1.64. The van der Waals surface area contributed by atoms with E-state index >= 15 is 0 Å². The van der Waals surface area contributed by atoms with Crippen LogP contribution in [0, 0.1) is 0 Å². The smallest absolute Gasteiger partial charge is 0.220 e. The minimum Gasteiger partial charge on any atom is -0.394 e. The molecule has 0 radical (unpaired) electrons. The molecule has 0 aliphatic carbocycles. The molecule has 12 N–H and O–H groups in total. The van der Waals surface area contributed by atoms with Crippen molar-refractivity contribution in [2.24, 2.45) is 0 Å². The maximum atomic E-state index is 12.8. The predicted molar refractivity (Wildman–Crippen MR) is 194 cm³/mol. The number of carbonyl (C=O) groups excluding carboxylic acids is 1. The van der Waals surface area contributed by atoms with Gasteiger partial charge in [0.05, 0.1) is 38.6 Å². The van der Waals surface area contributed by atoms with E-state index in [1.54, 1.807) is 6.08 Å². The Morgan fingerprint density at radius 3 is 1.68 bits per heavy atom. The van der Waals surface area contributed by atoms with Gasteiger partial charge in [-0.3, -0.25) is 4.79 Å². The van der Waals surface area contributed by atoms with Crippen molar-refractivity contribution in [1.82, 2.24) is 5.32 Å². The van der Waals surface area contributed by atoms with Crippen molar-refractivity contribution < 1.29 is 89.4 Å². The molecule has 56 heavy (non-hydrogen) atoms. The van der Waals surface area contributed by atoms with E-state index in [2.05, 4.69) is 19.2 Å². The molecule has 19 heteroatoms. The topological polar surface area (TPSA) is 307 Å². The number of carbonyl (C=O) groups is 1. The number of aliphatic hydroxyl groups is 11. The molecular weight excluding hydrogens is 746 g/mol. The normalized spacial score (nSPS) is 37.8. The molecule has 3 aliphatic heterocycles. The lowest BCUT2D eigenvalue weighted by Gasteiger charge is -2.48. The second-order valence-corrected chi connectivity index (χ2v) is 14.8. The van der Waals surface area contributed by atoms with Crippen LogP contribution in [0.15, 0.2) is 12.2 Å². The first-order valence-electron chi connectivity index (χ1n) is 19.9. The van der Waals surface area contributed by atoms with Gasteiger partial charge in [0, 0.05) is 6.42 Å². The van der Waals surface area contributed by atoms with Gasteiger partial charge in [0.1, 0.15) is 73.2 Å². The molecule has 0 aromatic carbocycles. The molecule has 3 rings (SSSR count). The highest BCUT2D eigenvalue weighted by molar-refractivity contribution is 5.76. The van der Waals surface area contributed by atoms with E-state index in [4.69, 9.17) is 28.4 Å². The van der Waals surface area contributed by atoms with Gasteiger partial charge in [-0.1, -0.05) is 70.9 Å². The van der Waals surface area contributed by atoms with Gasteiger partial charge in [-0.2, -0.15) is 0 Å². The number of unbranched alkanes of at least 4 members (excludes halogenated alkanes) is 8. The second kappa shape index (κ2) is 25.2. The first kappa shape index (κ1) is 48.9. The number of rotatable bonds is 24. The van der Waals surface area contributed by atoms with Crippen molar-refractivity contribution in [1.29, 1.82) is 0 Å². The Bertz CT molecular complexity index is 1120. The maximum absolute atomic E-state index is 12.8. The fourth-order valence-corrected chi connectivity index (χ4v) is 6.83. The van der Waals surface area contributed by atoms with Gasteiger partial charge in [0.15, 0.2) is 18.9 Å². The highest BCUT2D eigenvalue weighted by Crippen LogP contribution is 2.32. The van der Waals surface area contributed by atoms with Crippen molar-refractivity contribution >= 4 is 5.91 Å². The van der Waals surface area contributed by atoms with Crippen LogP contribution in [0.4, 0.5) is 0 Å². The summed E-state index contributed by atoms with van der Waals surface area (Å²) < 4.78 is 33.7. The number of hydrogen-bond donors (Lipinski definition) is 12. The molecule has 0 bridgehead atoms. The fraction of sp³-hybridized carbons (Fsp3) is 0.919. The second-order valence-electron chi connectivity index (χ2n) is 14.8.